The first-order valence-electron chi connectivity index (χ1n) is 7.78. The van der Waals surface area contributed by atoms with Crippen LogP contribution in [0.5, 0.6) is 0 Å². The minimum atomic E-state index is -3.71. The molecule has 0 saturated heterocycles. The molecule has 2 rings (SSSR count). The molecule has 2 aromatic carbocycles. The molecule has 0 aromatic heterocycles. The first kappa shape index (κ1) is 20.3. The summed E-state index contributed by atoms with van der Waals surface area (Å²) < 4.78 is 38.4. The van der Waals surface area contributed by atoms with E-state index in [2.05, 4.69) is 5.32 Å². The SMILES string of the molecule is CN(C)S(=O)(=O)c1cc(NC(=O)C[NH2+]Cc2ccc(F)cc2)ccc1Cl. The number of amides is 1. The highest BCUT2D eigenvalue weighted by Crippen LogP contribution is 2.26. The van der Waals surface area contributed by atoms with Crippen LogP contribution in [0.4, 0.5) is 10.1 Å². The first-order chi connectivity index (χ1) is 12.2. The van der Waals surface area contributed by atoms with E-state index in [1.54, 1.807) is 17.4 Å². The van der Waals surface area contributed by atoms with Gasteiger partial charge < -0.3 is 10.6 Å². The van der Waals surface area contributed by atoms with Gasteiger partial charge in [-0.15, -0.1) is 0 Å². The number of nitrogens with two attached hydrogens (primary N) is 1. The molecule has 26 heavy (non-hydrogen) atoms. The van der Waals surface area contributed by atoms with Gasteiger partial charge in [-0.3, -0.25) is 4.79 Å². The van der Waals surface area contributed by atoms with Gasteiger partial charge in [-0.1, -0.05) is 23.7 Å². The third-order valence-corrected chi connectivity index (χ3v) is 5.89. The van der Waals surface area contributed by atoms with Gasteiger partial charge in [0.05, 0.1) is 5.02 Å². The van der Waals surface area contributed by atoms with Crippen molar-refractivity contribution in [1.82, 2.24) is 4.31 Å². The van der Waals surface area contributed by atoms with E-state index in [0.717, 1.165) is 9.87 Å². The van der Waals surface area contributed by atoms with Gasteiger partial charge in [0.2, 0.25) is 10.0 Å². The van der Waals surface area contributed by atoms with Crippen molar-refractivity contribution in [2.24, 2.45) is 0 Å². The molecular weight excluding hydrogens is 381 g/mol. The Morgan fingerprint density at radius 1 is 1.19 bits per heavy atom. The Kier molecular flexibility index (Phi) is 6.71. The van der Waals surface area contributed by atoms with Crippen LogP contribution in [0, 0.1) is 5.82 Å². The average molecular weight is 401 g/mol. The predicted molar refractivity (Wildman–Crippen MR) is 97.9 cm³/mol. The van der Waals surface area contributed by atoms with Gasteiger partial charge in [-0.2, -0.15) is 0 Å². The topological polar surface area (TPSA) is 83.1 Å². The minimum absolute atomic E-state index is 0.0720. The third-order valence-electron chi connectivity index (χ3n) is 3.60. The number of halogens is 2. The van der Waals surface area contributed by atoms with Crippen molar-refractivity contribution in [2.75, 3.05) is 26.0 Å². The van der Waals surface area contributed by atoms with Gasteiger partial charge in [0.15, 0.2) is 6.54 Å². The number of nitrogens with zero attached hydrogens (tertiary/aromatic N) is 1. The number of sulfonamides is 1. The molecule has 0 saturated carbocycles. The summed E-state index contributed by atoms with van der Waals surface area (Å²) in [4.78, 5) is 12.0. The predicted octanol–water partition coefficient (Wildman–Crippen LogP) is 1.43. The fraction of sp³-hybridized carbons (Fsp3) is 0.235. The Labute approximate surface area is 157 Å². The summed E-state index contributed by atoms with van der Waals surface area (Å²) in [6.07, 6.45) is 0. The van der Waals surface area contributed by atoms with E-state index in [0.29, 0.717) is 12.2 Å². The van der Waals surface area contributed by atoms with Gasteiger partial charge in [-0.05, 0) is 30.3 Å². The average Bonchev–Trinajstić information content (AvgIpc) is 2.58. The van der Waals surface area contributed by atoms with E-state index >= 15 is 0 Å². The van der Waals surface area contributed by atoms with E-state index in [9.17, 15) is 17.6 Å². The lowest BCUT2D eigenvalue weighted by atomic mass is 10.2. The van der Waals surface area contributed by atoms with Crippen LogP contribution in [0.25, 0.3) is 0 Å². The number of rotatable bonds is 7. The van der Waals surface area contributed by atoms with Crippen LogP contribution in [0.1, 0.15) is 5.56 Å². The second-order valence-electron chi connectivity index (χ2n) is 5.80. The Hall–Kier alpha value is -2.00. The summed E-state index contributed by atoms with van der Waals surface area (Å²) in [7, 11) is -0.903. The molecule has 9 heteroatoms. The minimum Gasteiger partial charge on any atom is -0.335 e. The Morgan fingerprint density at radius 2 is 1.85 bits per heavy atom. The maximum Gasteiger partial charge on any atom is 0.279 e. The largest absolute Gasteiger partial charge is 0.335 e. The van der Waals surface area contributed by atoms with Crippen molar-refractivity contribution in [2.45, 2.75) is 11.4 Å². The third kappa shape index (κ3) is 5.25. The molecule has 0 atom stereocenters. The first-order valence-corrected chi connectivity index (χ1v) is 9.60. The van der Waals surface area contributed by atoms with Gasteiger partial charge >= 0.3 is 0 Å². The second-order valence-corrected chi connectivity index (χ2v) is 8.33. The fourth-order valence-corrected chi connectivity index (χ4v) is 3.57. The number of anilines is 1. The quantitative estimate of drug-likeness (QED) is 0.737. The molecule has 6 nitrogen and oxygen atoms in total. The molecule has 0 aliphatic rings. The van der Waals surface area contributed by atoms with Crippen molar-refractivity contribution in [3.63, 3.8) is 0 Å². The maximum atomic E-state index is 12.8. The van der Waals surface area contributed by atoms with E-state index in [4.69, 9.17) is 11.6 Å². The highest BCUT2D eigenvalue weighted by Gasteiger charge is 2.21. The molecular formula is C17H20ClFN3O3S+. The van der Waals surface area contributed by atoms with Crippen molar-refractivity contribution in [1.29, 1.82) is 0 Å². The van der Waals surface area contributed by atoms with Crippen molar-refractivity contribution < 1.29 is 22.9 Å². The van der Waals surface area contributed by atoms with Crippen molar-refractivity contribution >= 4 is 33.2 Å². The van der Waals surface area contributed by atoms with E-state index in [-0.39, 0.29) is 28.2 Å². The lowest BCUT2D eigenvalue weighted by Gasteiger charge is -2.14. The zero-order valence-corrected chi connectivity index (χ0v) is 15.9. The van der Waals surface area contributed by atoms with Crippen LogP contribution in [0.2, 0.25) is 5.02 Å². The van der Waals surface area contributed by atoms with Crippen molar-refractivity contribution in [3.8, 4) is 0 Å². The molecule has 0 bridgehead atoms. The molecule has 0 spiro atoms. The number of carbonyl (C=O) groups is 1. The molecule has 0 aliphatic carbocycles. The van der Waals surface area contributed by atoms with Crippen LogP contribution in [-0.2, 0) is 21.4 Å². The zero-order valence-electron chi connectivity index (χ0n) is 14.4. The molecule has 0 unspecified atom stereocenters. The van der Waals surface area contributed by atoms with Gasteiger partial charge in [0.1, 0.15) is 17.3 Å². The van der Waals surface area contributed by atoms with E-state index in [1.165, 1.54) is 44.4 Å². The van der Waals surface area contributed by atoms with E-state index < -0.39 is 10.0 Å². The monoisotopic (exact) mass is 400 g/mol. The number of nitrogens with one attached hydrogen (secondary N) is 1. The van der Waals surface area contributed by atoms with Gasteiger partial charge in [-0.25, -0.2) is 17.1 Å². The Bertz CT molecular complexity index is 887. The lowest BCUT2D eigenvalue weighted by Crippen LogP contribution is -2.84. The summed E-state index contributed by atoms with van der Waals surface area (Å²) >= 11 is 5.97. The molecule has 0 aliphatic heterocycles. The fourth-order valence-electron chi connectivity index (χ4n) is 2.18. The molecule has 0 heterocycles. The maximum absolute atomic E-state index is 12.8. The van der Waals surface area contributed by atoms with Crippen LogP contribution in [-0.4, -0.2) is 39.3 Å². The Balaban J connectivity index is 1.97. The standard InChI is InChI=1S/C17H19ClFN3O3S/c1-22(2)26(24,25)16-9-14(7-8-15(16)18)21-17(23)11-20-10-12-3-5-13(19)6-4-12/h3-9,20H,10-11H2,1-2H3,(H,21,23)/p+1. The summed E-state index contributed by atoms with van der Waals surface area (Å²) in [5.41, 5.74) is 1.24. The van der Waals surface area contributed by atoms with Crippen LogP contribution < -0.4 is 10.6 Å². The number of carbonyl (C=O) groups excluding carboxylic acids is 1. The zero-order chi connectivity index (χ0) is 19.3. The number of quaternary nitrogens is 1. The second kappa shape index (κ2) is 8.59. The van der Waals surface area contributed by atoms with Gasteiger partial charge in [0, 0.05) is 25.3 Å². The summed E-state index contributed by atoms with van der Waals surface area (Å²) in [6, 6.07) is 10.3. The highest BCUT2D eigenvalue weighted by atomic mass is 35.5. The van der Waals surface area contributed by atoms with E-state index in [1.807, 2.05) is 0 Å². The smallest absolute Gasteiger partial charge is 0.279 e. The Morgan fingerprint density at radius 3 is 2.46 bits per heavy atom. The highest BCUT2D eigenvalue weighted by molar-refractivity contribution is 7.89. The summed E-state index contributed by atoms with van der Waals surface area (Å²) in [5, 5.41) is 4.49. The van der Waals surface area contributed by atoms with Crippen molar-refractivity contribution in [3.05, 3.63) is 58.9 Å². The van der Waals surface area contributed by atoms with Gasteiger partial charge in [0.25, 0.3) is 5.91 Å². The van der Waals surface area contributed by atoms with Crippen LogP contribution in [0.15, 0.2) is 47.4 Å². The summed E-state index contributed by atoms with van der Waals surface area (Å²) in [5.74, 6) is -0.597. The normalized spacial score (nSPS) is 11.6. The molecule has 140 valence electrons. The lowest BCUT2D eigenvalue weighted by molar-refractivity contribution is -0.659. The number of hydrogen-bond acceptors (Lipinski definition) is 3. The molecule has 2 aromatic rings. The molecule has 3 N–H and O–H groups in total. The van der Waals surface area contributed by atoms with Crippen LogP contribution in [0.3, 0.4) is 0 Å². The van der Waals surface area contributed by atoms with Crippen LogP contribution >= 0.6 is 11.6 Å². The number of benzene rings is 2. The summed E-state index contributed by atoms with van der Waals surface area (Å²) in [6.45, 7) is 0.657. The molecule has 1 amide bonds. The molecule has 0 radical (unpaired) electrons. The molecule has 0 fully saturated rings. The number of hydrogen-bond donors (Lipinski definition) is 2.